The van der Waals surface area contributed by atoms with Crippen LogP contribution in [0.25, 0.3) is 11.0 Å². The van der Waals surface area contributed by atoms with Crippen LogP contribution >= 0.6 is 0 Å². The van der Waals surface area contributed by atoms with E-state index < -0.39 is 0 Å². The molecule has 0 radical (unpaired) electrons. The summed E-state index contributed by atoms with van der Waals surface area (Å²) in [6, 6.07) is 14.2. The highest BCUT2D eigenvalue weighted by molar-refractivity contribution is 5.97. The lowest BCUT2D eigenvalue weighted by atomic mass is 10.1. The fourth-order valence-electron chi connectivity index (χ4n) is 3.53. The van der Waals surface area contributed by atoms with Gasteiger partial charge < -0.3 is 14.6 Å². The molecular weight excluding hydrogens is 340 g/mol. The number of benzene rings is 2. The van der Waals surface area contributed by atoms with Crippen molar-refractivity contribution in [3.63, 3.8) is 0 Å². The number of aromatic nitrogens is 2. The Morgan fingerprint density at radius 3 is 2.59 bits per heavy atom. The zero-order chi connectivity index (χ0) is 18.6. The lowest BCUT2D eigenvalue weighted by Gasteiger charge is -2.27. The number of nitrogens with zero attached hydrogens (tertiary/aromatic N) is 3. The summed E-state index contributed by atoms with van der Waals surface area (Å²) in [6.45, 7) is 5.27. The van der Waals surface area contributed by atoms with Crippen molar-refractivity contribution in [2.75, 3.05) is 33.4 Å². The first-order valence-electron chi connectivity index (χ1n) is 9.28. The van der Waals surface area contributed by atoms with Gasteiger partial charge in [-0.3, -0.25) is 9.69 Å². The van der Waals surface area contributed by atoms with Crippen LogP contribution in [0, 0.1) is 0 Å². The highest BCUT2D eigenvalue weighted by atomic mass is 16.5. The number of nitrogens with one attached hydrogen (secondary N) is 1. The Morgan fingerprint density at radius 1 is 1.11 bits per heavy atom. The zero-order valence-electron chi connectivity index (χ0n) is 15.5. The van der Waals surface area contributed by atoms with Crippen molar-refractivity contribution in [3.05, 3.63) is 65.5 Å². The molecule has 0 saturated carbocycles. The van der Waals surface area contributed by atoms with Crippen molar-refractivity contribution >= 4 is 16.9 Å². The van der Waals surface area contributed by atoms with Crippen LogP contribution in [0.3, 0.4) is 0 Å². The molecule has 0 aliphatic carbocycles. The van der Waals surface area contributed by atoms with Crippen LogP contribution in [0.15, 0.2) is 48.8 Å². The smallest absolute Gasteiger partial charge is 0.251 e. The summed E-state index contributed by atoms with van der Waals surface area (Å²) in [4.78, 5) is 18.8. The Bertz CT molecular complexity index is 944. The molecule has 140 valence electrons. The number of carbonyl (C=O) groups is 1. The van der Waals surface area contributed by atoms with Crippen LogP contribution in [0.4, 0.5) is 0 Å². The van der Waals surface area contributed by atoms with E-state index in [0.29, 0.717) is 5.56 Å². The minimum absolute atomic E-state index is 0.0951. The second-order valence-corrected chi connectivity index (χ2v) is 6.81. The summed E-state index contributed by atoms with van der Waals surface area (Å²) in [5.74, 6) is -0.0951. The van der Waals surface area contributed by atoms with Gasteiger partial charge in [-0.25, -0.2) is 4.98 Å². The van der Waals surface area contributed by atoms with Gasteiger partial charge >= 0.3 is 0 Å². The molecular formula is C21H24N4O2. The summed E-state index contributed by atoms with van der Waals surface area (Å²) < 4.78 is 7.59. The number of hydrogen-bond donors (Lipinski definition) is 1. The minimum Gasteiger partial charge on any atom is -0.379 e. The third-order valence-electron chi connectivity index (χ3n) is 5.07. The van der Waals surface area contributed by atoms with Crippen LogP contribution in [-0.2, 0) is 17.8 Å². The van der Waals surface area contributed by atoms with Crippen LogP contribution in [-0.4, -0.2) is 53.7 Å². The second kappa shape index (κ2) is 7.90. The highest BCUT2D eigenvalue weighted by Gasteiger charge is 2.14. The molecule has 1 N–H and O–H groups in total. The van der Waals surface area contributed by atoms with E-state index >= 15 is 0 Å². The van der Waals surface area contributed by atoms with Crippen molar-refractivity contribution in [1.82, 2.24) is 19.8 Å². The standard InChI is InChI=1S/C21H24N4O2/c1-22-21(26)16-6-7-20-19(12-16)23-15-25(20)14-18-5-3-2-4-17(18)13-24-8-10-27-11-9-24/h2-7,12,15H,8-11,13-14H2,1H3,(H,22,26). The van der Waals surface area contributed by atoms with E-state index in [0.717, 1.165) is 50.4 Å². The maximum Gasteiger partial charge on any atom is 0.251 e. The van der Waals surface area contributed by atoms with Gasteiger partial charge in [0, 0.05) is 38.8 Å². The van der Waals surface area contributed by atoms with Crippen molar-refractivity contribution in [2.45, 2.75) is 13.1 Å². The average molecular weight is 364 g/mol. The summed E-state index contributed by atoms with van der Waals surface area (Å²) in [7, 11) is 1.64. The van der Waals surface area contributed by atoms with Crippen LogP contribution in [0.2, 0.25) is 0 Å². The Labute approximate surface area is 158 Å². The molecule has 27 heavy (non-hydrogen) atoms. The molecule has 6 heteroatoms. The van der Waals surface area contributed by atoms with Gasteiger partial charge in [0.05, 0.1) is 30.6 Å². The lowest BCUT2D eigenvalue weighted by molar-refractivity contribution is 0.0340. The molecule has 0 atom stereocenters. The van der Waals surface area contributed by atoms with Gasteiger partial charge in [-0.05, 0) is 29.3 Å². The van der Waals surface area contributed by atoms with Gasteiger partial charge in [-0.15, -0.1) is 0 Å². The number of carbonyl (C=O) groups excluding carboxylic acids is 1. The van der Waals surface area contributed by atoms with Crippen LogP contribution in [0.1, 0.15) is 21.5 Å². The number of hydrogen-bond acceptors (Lipinski definition) is 4. The van der Waals surface area contributed by atoms with Crippen molar-refractivity contribution < 1.29 is 9.53 Å². The first-order valence-corrected chi connectivity index (χ1v) is 9.28. The van der Waals surface area contributed by atoms with E-state index in [2.05, 4.69) is 44.0 Å². The number of rotatable bonds is 5. The third-order valence-corrected chi connectivity index (χ3v) is 5.07. The first-order chi connectivity index (χ1) is 13.2. The van der Waals surface area contributed by atoms with Gasteiger partial charge in [-0.2, -0.15) is 0 Å². The number of morpholine rings is 1. The highest BCUT2D eigenvalue weighted by Crippen LogP contribution is 2.19. The molecule has 2 aromatic carbocycles. The first kappa shape index (κ1) is 17.7. The van der Waals surface area contributed by atoms with E-state index in [1.165, 1.54) is 11.1 Å². The number of ether oxygens (including phenoxy) is 1. The lowest BCUT2D eigenvalue weighted by Crippen LogP contribution is -2.35. The van der Waals surface area contributed by atoms with E-state index in [1.54, 1.807) is 7.05 Å². The molecule has 1 fully saturated rings. The quantitative estimate of drug-likeness (QED) is 0.755. The Kier molecular flexibility index (Phi) is 5.18. The monoisotopic (exact) mass is 364 g/mol. The number of imidazole rings is 1. The predicted molar refractivity (Wildman–Crippen MR) is 105 cm³/mol. The fraction of sp³-hybridized carbons (Fsp3) is 0.333. The molecule has 2 heterocycles. The third kappa shape index (κ3) is 3.86. The largest absolute Gasteiger partial charge is 0.379 e. The number of fused-ring (bicyclic) bond motifs is 1. The summed E-state index contributed by atoms with van der Waals surface area (Å²) >= 11 is 0. The zero-order valence-corrected chi connectivity index (χ0v) is 15.5. The average Bonchev–Trinajstić information content (AvgIpc) is 3.11. The van der Waals surface area contributed by atoms with Crippen molar-refractivity contribution in [2.24, 2.45) is 0 Å². The second-order valence-electron chi connectivity index (χ2n) is 6.81. The predicted octanol–water partition coefficient (Wildman–Crippen LogP) is 2.28. The molecule has 1 saturated heterocycles. The van der Waals surface area contributed by atoms with Gasteiger partial charge in [-0.1, -0.05) is 24.3 Å². The van der Waals surface area contributed by atoms with Gasteiger partial charge in [0.15, 0.2) is 0 Å². The number of amides is 1. The molecule has 4 rings (SSSR count). The summed E-state index contributed by atoms with van der Waals surface area (Å²) in [6.07, 6.45) is 1.85. The van der Waals surface area contributed by atoms with E-state index in [-0.39, 0.29) is 5.91 Å². The van der Waals surface area contributed by atoms with Gasteiger partial charge in [0.2, 0.25) is 0 Å². The topological polar surface area (TPSA) is 59.4 Å². The van der Waals surface area contributed by atoms with Crippen LogP contribution in [0.5, 0.6) is 0 Å². The molecule has 1 aromatic heterocycles. The van der Waals surface area contributed by atoms with Crippen LogP contribution < -0.4 is 5.32 Å². The van der Waals surface area contributed by atoms with Crippen molar-refractivity contribution in [1.29, 1.82) is 0 Å². The summed E-state index contributed by atoms with van der Waals surface area (Å²) in [5.41, 5.74) is 5.12. The molecule has 6 nitrogen and oxygen atoms in total. The molecule has 1 amide bonds. The van der Waals surface area contributed by atoms with E-state index in [4.69, 9.17) is 4.74 Å². The summed E-state index contributed by atoms with van der Waals surface area (Å²) in [5, 5.41) is 2.65. The van der Waals surface area contributed by atoms with Gasteiger partial charge in [0.25, 0.3) is 5.91 Å². The normalized spacial score (nSPS) is 15.1. The van der Waals surface area contributed by atoms with E-state index in [1.807, 2.05) is 24.5 Å². The maximum absolute atomic E-state index is 11.8. The Morgan fingerprint density at radius 2 is 1.85 bits per heavy atom. The minimum atomic E-state index is -0.0951. The SMILES string of the molecule is CNC(=O)c1ccc2c(c1)ncn2Cc1ccccc1CN1CCOCC1. The molecule has 3 aromatic rings. The van der Waals surface area contributed by atoms with E-state index in [9.17, 15) is 4.79 Å². The Hall–Kier alpha value is -2.70. The maximum atomic E-state index is 11.8. The molecule has 0 spiro atoms. The molecule has 0 unspecified atom stereocenters. The fourth-order valence-corrected chi connectivity index (χ4v) is 3.53. The van der Waals surface area contributed by atoms with Gasteiger partial charge in [0.1, 0.15) is 0 Å². The Balaban J connectivity index is 1.58. The molecule has 0 bridgehead atoms. The molecule has 1 aliphatic heterocycles. The molecule has 1 aliphatic rings. The van der Waals surface area contributed by atoms with Crippen molar-refractivity contribution in [3.8, 4) is 0 Å².